The Morgan fingerprint density at radius 2 is 1.52 bits per heavy atom. The van der Waals surface area contributed by atoms with Crippen LogP contribution in [0.3, 0.4) is 0 Å². The van der Waals surface area contributed by atoms with E-state index in [-0.39, 0.29) is 19.0 Å². The summed E-state index contributed by atoms with van der Waals surface area (Å²) in [5.41, 5.74) is 4.34. The molecule has 3 aromatic rings. The third-order valence-electron chi connectivity index (χ3n) is 3.90. The van der Waals surface area contributed by atoms with Gasteiger partial charge in [0.2, 0.25) is 0 Å². The number of ether oxygens (including phenoxy) is 1. The van der Waals surface area contributed by atoms with Crippen LogP contribution in [-0.2, 0) is 22.6 Å². The average Bonchev–Trinajstić information content (AvgIpc) is 2.68. The van der Waals surface area contributed by atoms with E-state index < -0.39 is 0 Å². The van der Waals surface area contributed by atoms with E-state index in [1.165, 1.54) is 0 Å². The second kappa shape index (κ2) is 7.94. The summed E-state index contributed by atoms with van der Waals surface area (Å²) >= 11 is 0. The van der Waals surface area contributed by atoms with E-state index in [1.54, 1.807) is 6.07 Å². The lowest BCUT2D eigenvalue weighted by Crippen LogP contribution is -2.07. The topological polar surface area (TPSA) is 50.1 Å². The van der Waals surface area contributed by atoms with Gasteiger partial charge in [0.05, 0.1) is 18.1 Å². The summed E-state index contributed by atoms with van der Waals surface area (Å²) in [7, 11) is 0. The van der Waals surface area contributed by atoms with Crippen LogP contribution in [0.15, 0.2) is 78.9 Å². The van der Waals surface area contributed by atoms with Crippen molar-refractivity contribution >= 4 is 5.97 Å². The molecule has 0 bridgehead atoms. The number of rotatable bonds is 5. The molecule has 0 fully saturated rings. The third kappa shape index (κ3) is 4.33. The molecule has 122 valence electrons. The minimum absolute atomic E-state index is 0.229. The van der Waals surface area contributed by atoms with Crippen LogP contribution in [-0.4, -0.2) is 5.97 Å². The molecule has 0 saturated carbocycles. The number of carbonyl (C=O) groups is 1. The molecule has 3 heteroatoms. The molecule has 0 aliphatic rings. The molecule has 3 nitrogen and oxygen atoms in total. The Labute approximate surface area is 147 Å². The maximum atomic E-state index is 12.0. The molecule has 0 heterocycles. The van der Waals surface area contributed by atoms with Gasteiger partial charge in [-0.15, -0.1) is 0 Å². The van der Waals surface area contributed by atoms with E-state index in [0.29, 0.717) is 5.56 Å². The highest BCUT2D eigenvalue weighted by Gasteiger charge is 2.07. The summed E-state index contributed by atoms with van der Waals surface area (Å²) in [5, 5.41) is 9.20. The van der Waals surface area contributed by atoms with Crippen molar-refractivity contribution in [1.29, 1.82) is 5.26 Å². The molecule has 25 heavy (non-hydrogen) atoms. The van der Waals surface area contributed by atoms with Crippen molar-refractivity contribution in [2.75, 3.05) is 0 Å². The SMILES string of the molecule is N#Cc1ccccc1-c1ccc(CC(=O)OCc2ccccc2)cc1. The molecule has 0 aromatic heterocycles. The molecule has 0 aliphatic carbocycles. The van der Waals surface area contributed by atoms with Gasteiger partial charge in [0, 0.05) is 0 Å². The molecule has 3 aromatic carbocycles. The minimum atomic E-state index is -0.256. The van der Waals surface area contributed by atoms with Crippen molar-refractivity contribution in [2.24, 2.45) is 0 Å². The number of nitrogens with zero attached hydrogens (tertiary/aromatic N) is 1. The van der Waals surface area contributed by atoms with E-state index >= 15 is 0 Å². The van der Waals surface area contributed by atoms with Crippen molar-refractivity contribution < 1.29 is 9.53 Å². The standard InChI is InChI=1S/C22H17NO2/c23-15-20-8-4-5-9-21(20)19-12-10-17(11-13-19)14-22(24)25-16-18-6-2-1-3-7-18/h1-13H,14,16H2. The molecule has 0 unspecified atom stereocenters. The molecule has 0 aliphatic heterocycles. The quantitative estimate of drug-likeness (QED) is 0.648. The molecule has 0 spiro atoms. The van der Waals surface area contributed by atoms with Gasteiger partial charge in [0.15, 0.2) is 0 Å². The van der Waals surface area contributed by atoms with Gasteiger partial charge in [-0.3, -0.25) is 4.79 Å². The van der Waals surface area contributed by atoms with Gasteiger partial charge in [-0.1, -0.05) is 72.8 Å². The summed E-state index contributed by atoms with van der Waals surface area (Å²) in [4.78, 5) is 12.0. The van der Waals surface area contributed by atoms with E-state index in [9.17, 15) is 10.1 Å². The Balaban J connectivity index is 1.63. The number of esters is 1. The van der Waals surface area contributed by atoms with Crippen LogP contribution < -0.4 is 0 Å². The summed E-state index contributed by atoms with van der Waals surface area (Å²) in [5.74, 6) is -0.256. The lowest BCUT2D eigenvalue weighted by Gasteiger charge is -2.07. The first-order valence-corrected chi connectivity index (χ1v) is 8.04. The second-order valence-corrected chi connectivity index (χ2v) is 5.68. The molecule has 0 radical (unpaired) electrons. The lowest BCUT2D eigenvalue weighted by molar-refractivity contribution is -0.144. The van der Waals surface area contributed by atoms with Crippen molar-refractivity contribution in [3.63, 3.8) is 0 Å². The predicted molar refractivity (Wildman–Crippen MR) is 96.5 cm³/mol. The molecule has 0 amide bonds. The minimum Gasteiger partial charge on any atom is -0.461 e. The van der Waals surface area contributed by atoms with Crippen LogP contribution in [0.4, 0.5) is 0 Å². The van der Waals surface area contributed by atoms with Crippen molar-refractivity contribution in [3.8, 4) is 17.2 Å². The normalized spacial score (nSPS) is 10.0. The monoisotopic (exact) mass is 327 g/mol. The first-order chi connectivity index (χ1) is 12.3. The van der Waals surface area contributed by atoms with Gasteiger partial charge in [0.25, 0.3) is 0 Å². The van der Waals surface area contributed by atoms with E-state index in [0.717, 1.165) is 22.3 Å². The van der Waals surface area contributed by atoms with Gasteiger partial charge in [-0.05, 0) is 28.3 Å². The Kier molecular flexibility index (Phi) is 5.23. The Bertz CT molecular complexity index is 893. The largest absolute Gasteiger partial charge is 0.461 e. The molecule has 0 saturated heterocycles. The van der Waals surface area contributed by atoms with Crippen LogP contribution >= 0.6 is 0 Å². The van der Waals surface area contributed by atoms with Crippen LogP contribution in [0.5, 0.6) is 0 Å². The van der Waals surface area contributed by atoms with Crippen molar-refractivity contribution in [1.82, 2.24) is 0 Å². The van der Waals surface area contributed by atoms with Gasteiger partial charge >= 0.3 is 5.97 Å². The fraction of sp³-hybridized carbons (Fsp3) is 0.0909. The van der Waals surface area contributed by atoms with Crippen LogP contribution in [0, 0.1) is 11.3 Å². The number of benzene rings is 3. The van der Waals surface area contributed by atoms with E-state index in [4.69, 9.17) is 4.74 Å². The van der Waals surface area contributed by atoms with Gasteiger partial charge in [0.1, 0.15) is 6.61 Å². The van der Waals surface area contributed by atoms with Crippen LogP contribution in [0.25, 0.3) is 11.1 Å². The number of nitriles is 1. The lowest BCUT2D eigenvalue weighted by atomic mass is 9.99. The highest BCUT2D eigenvalue weighted by molar-refractivity contribution is 5.74. The highest BCUT2D eigenvalue weighted by atomic mass is 16.5. The Morgan fingerprint density at radius 3 is 2.24 bits per heavy atom. The highest BCUT2D eigenvalue weighted by Crippen LogP contribution is 2.23. The zero-order chi connectivity index (χ0) is 17.5. The second-order valence-electron chi connectivity index (χ2n) is 5.68. The Hall–Kier alpha value is -3.38. The van der Waals surface area contributed by atoms with Gasteiger partial charge in [-0.2, -0.15) is 5.26 Å². The van der Waals surface area contributed by atoms with Gasteiger partial charge in [-0.25, -0.2) is 0 Å². The van der Waals surface area contributed by atoms with E-state index in [1.807, 2.05) is 72.8 Å². The van der Waals surface area contributed by atoms with E-state index in [2.05, 4.69) is 6.07 Å². The summed E-state index contributed by atoms with van der Waals surface area (Å²) in [6.45, 7) is 0.285. The number of hydrogen-bond donors (Lipinski definition) is 0. The zero-order valence-electron chi connectivity index (χ0n) is 13.7. The maximum absolute atomic E-state index is 12.0. The molecule has 3 rings (SSSR count). The number of hydrogen-bond acceptors (Lipinski definition) is 3. The third-order valence-corrected chi connectivity index (χ3v) is 3.90. The summed E-state index contributed by atoms with van der Waals surface area (Å²) < 4.78 is 5.30. The molecule has 0 N–H and O–H groups in total. The summed E-state index contributed by atoms with van der Waals surface area (Å²) in [6, 6.07) is 26.9. The molecular formula is C22H17NO2. The zero-order valence-corrected chi connectivity index (χ0v) is 13.7. The van der Waals surface area contributed by atoms with Crippen molar-refractivity contribution in [3.05, 3.63) is 95.6 Å². The fourth-order valence-electron chi connectivity index (χ4n) is 2.59. The first kappa shape index (κ1) is 16.5. The van der Waals surface area contributed by atoms with Gasteiger partial charge < -0.3 is 4.74 Å². The Morgan fingerprint density at radius 1 is 0.840 bits per heavy atom. The predicted octanol–water partition coefficient (Wildman–Crippen LogP) is 4.51. The molecule has 0 atom stereocenters. The summed E-state index contributed by atoms with van der Waals surface area (Å²) in [6.07, 6.45) is 0.229. The fourth-order valence-corrected chi connectivity index (χ4v) is 2.59. The smallest absolute Gasteiger partial charge is 0.310 e. The average molecular weight is 327 g/mol. The van der Waals surface area contributed by atoms with Crippen LogP contribution in [0.1, 0.15) is 16.7 Å². The first-order valence-electron chi connectivity index (χ1n) is 8.04. The van der Waals surface area contributed by atoms with Crippen LogP contribution in [0.2, 0.25) is 0 Å². The number of carbonyl (C=O) groups excluding carboxylic acids is 1. The maximum Gasteiger partial charge on any atom is 0.310 e. The van der Waals surface area contributed by atoms with Crippen molar-refractivity contribution in [2.45, 2.75) is 13.0 Å². The molecular weight excluding hydrogens is 310 g/mol.